The number of piperidine rings is 1. The van der Waals surface area contributed by atoms with Gasteiger partial charge in [0.05, 0.1) is 5.92 Å². The summed E-state index contributed by atoms with van der Waals surface area (Å²) in [6.45, 7) is 6.68. The normalized spacial score (nSPS) is 17.2. The molecule has 0 saturated carbocycles. The van der Waals surface area contributed by atoms with Gasteiger partial charge in [0.25, 0.3) is 5.91 Å². The predicted molar refractivity (Wildman–Crippen MR) is 122 cm³/mol. The second-order valence-electron chi connectivity index (χ2n) is 8.49. The van der Waals surface area contributed by atoms with E-state index in [1.54, 1.807) is 11.0 Å². The number of carbonyl (C=O) groups is 3. The van der Waals surface area contributed by atoms with Gasteiger partial charge in [-0.2, -0.15) is 0 Å². The Bertz CT molecular complexity index is 927. The first kappa shape index (κ1) is 22.5. The fourth-order valence-corrected chi connectivity index (χ4v) is 3.91. The van der Waals surface area contributed by atoms with E-state index in [2.05, 4.69) is 10.6 Å². The molecule has 1 aliphatic rings. The number of aryl methyl sites for hydroxylation is 1. The molecule has 0 aliphatic carbocycles. The van der Waals surface area contributed by atoms with Crippen LogP contribution in [0.25, 0.3) is 0 Å². The van der Waals surface area contributed by atoms with Gasteiger partial charge >= 0.3 is 0 Å². The topological polar surface area (TPSA) is 78.5 Å². The summed E-state index contributed by atoms with van der Waals surface area (Å²) in [5, 5.41) is 5.86. The van der Waals surface area contributed by atoms with E-state index in [0.29, 0.717) is 18.7 Å². The lowest BCUT2D eigenvalue weighted by Crippen LogP contribution is -2.54. The SMILES string of the molecule is Cc1ccccc1C(=O)N[C@H](C(=O)N1CCCC(C(=O)Nc2ccccc2)C1)C(C)C. The molecule has 0 spiro atoms. The zero-order valence-corrected chi connectivity index (χ0v) is 18.4. The Morgan fingerprint density at radius 3 is 2.35 bits per heavy atom. The van der Waals surface area contributed by atoms with Crippen molar-refractivity contribution in [2.75, 3.05) is 18.4 Å². The number of anilines is 1. The van der Waals surface area contributed by atoms with Crippen molar-refractivity contribution in [3.05, 3.63) is 65.7 Å². The largest absolute Gasteiger partial charge is 0.340 e. The van der Waals surface area contributed by atoms with Crippen LogP contribution in [0.1, 0.15) is 42.6 Å². The highest BCUT2D eigenvalue weighted by atomic mass is 16.2. The Kier molecular flexibility index (Phi) is 7.45. The fourth-order valence-electron chi connectivity index (χ4n) is 3.91. The molecule has 2 N–H and O–H groups in total. The molecule has 1 fully saturated rings. The quantitative estimate of drug-likeness (QED) is 0.748. The number of carbonyl (C=O) groups excluding carboxylic acids is 3. The number of para-hydroxylation sites is 1. The zero-order chi connectivity index (χ0) is 22.4. The van der Waals surface area contributed by atoms with Crippen molar-refractivity contribution in [2.24, 2.45) is 11.8 Å². The van der Waals surface area contributed by atoms with Gasteiger partial charge in [0.2, 0.25) is 11.8 Å². The molecule has 3 amide bonds. The molecular formula is C25H31N3O3. The van der Waals surface area contributed by atoms with E-state index in [-0.39, 0.29) is 29.6 Å². The van der Waals surface area contributed by atoms with Crippen molar-refractivity contribution in [3.63, 3.8) is 0 Å². The number of nitrogens with one attached hydrogen (secondary N) is 2. The van der Waals surface area contributed by atoms with Crippen molar-refractivity contribution < 1.29 is 14.4 Å². The average molecular weight is 422 g/mol. The Hall–Kier alpha value is -3.15. The summed E-state index contributed by atoms with van der Waals surface area (Å²) in [6.07, 6.45) is 1.50. The standard InChI is InChI=1S/C25H31N3O3/c1-17(2)22(27-24(30)21-14-8-7-10-18(21)3)25(31)28-15-9-11-19(16-28)23(29)26-20-12-5-4-6-13-20/h4-8,10,12-14,17,19,22H,9,11,15-16H2,1-3H3,(H,26,29)(H,27,30)/t19?,22-/m0/s1. The molecule has 0 aromatic heterocycles. The number of hydrogen-bond acceptors (Lipinski definition) is 3. The zero-order valence-electron chi connectivity index (χ0n) is 18.4. The number of rotatable bonds is 6. The lowest BCUT2D eigenvalue weighted by Gasteiger charge is -2.35. The molecule has 164 valence electrons. The first-order chi connectivity index (χ1) is 14.9. The van der Waals surface area contributed by atoms with Gasteiger partial charge in [-0.3, -0.25) is 14.4 Å². The summed E-state index contributed by atoms with van der Waals surface area (Å²) in [5.41, 5.74) is 2.19. The highest BCUT2D eigenvalue weighted by Gasteiger charge is 2.34. The molecule has 1 aliphatic heterocycles. The van der Waals surface area contributed by atoms with Crippen LogP contribution in [0.15, 0.2) is 54.6 Å². The van der Waals surface area contributed by atoms with Gasteiger partial charge in [-0.25, -0.2) is 0 Å². The van der Waals surface area contributed by atoms with Crippen LogP contribution in [0.5, 0.6) is 0 Å². The Labute approximate surface area is 184 Å². The number of amides is 3. The van der Waals surface area contributed by atoms with Gasteiger partial charge in [-0.15, -0.1) is 0 Å². The van der Waals surface area contributed by atoms with Gasteiger partial charge in [-0.05, 0) is 49.4 Å². The van der Waals surface area contributed by atoms with Gasteiger partial charge in [0.15, 0.2) is 0 Å². The van der Waals surface area contributed by atoms with Crippen molar-refractivity contribution in [1.29, 1.82) is 0 Å². The highest BCUT2D eigenvalue weighted by molar-refractivity contribution is 5.99. The third kappa shape index (κ3) is 5.72. The van der Waals surface area contributed by atoms with E-state index in [1.807, 2.05) is 69.3 Å². The van der Waals surface area contributed by atoms with Crippen LogP contribution in [0.3, 0.4) is 0 Å². The van der Waals surface area contributed by atoms with Crippen LogP contribution < -0.4 is 10.6 Å². The molecule has 2 aromatic rings. The maximum Gasteiger partial charge on any atom is 0.252 e. The molecule has 1 saturated heterocycles. The van der Waals surface area contributed by atoms with Crippen molar-refractivity contribution in [2.45, 2.75) is 39.7 Å². The Morgan fingerprint density at radius 2 is 1.68 bits per heavy atom. The molecule has 0 radical (unpaired) electrons. The van der Waals surface area contributed by atoms with Gasteiger partial charge in [0, 0.05) is 24.3 Å². The second kappa shape index (κ2) is 10.2. The summed E-state index contributed by atoms with van der Waals surface area (Å²) in [5.74, 6) is -0.791. The molecule has 3 rings (SSSR count). The van der Waals surface area contributed by atoms with E-state index < -0.39 is 6.04 Å². The molecule has 2 atom stereocenters. The Morgan fingerprint density at radius 1 is 1.00 bits per heavy atom. The average Bonchev–Trinajstić information content (AvgIpc) is 2.77. The van der Waals surface area contributed by atoms with Crippen molar-refractivity contribution >= 4 is 23.4 Å². The first-order valence-electron chi connectivity index (χ1n) is 10.9. The monoisotopic (exact) mass is 421 g/mol. The van der Waals surface area contributed by atoms with Gasteiger partial charge < -0.3 is 15.5 Å². The first-order valence-corrected chi connectivity index (χ1v) is 10.9. The molecule has 6 nitrogen and oxygen atoms in total. The van der Waals surface area contributed by atoms with Gasteiger partial charge in [0.1, 0.15) is 6.04 Å². The number of hydrogen-bond donors (Lipinski definition) is 2. The number of nitrogens with zero attached hydrogens (tertiary/aromatic N) is 1. The Balaban J connectivity index is 1.66. The summed E-state index contributed by atoms with van der Waals surface area (Å²) >= 11 is 0. The summed E-state index contributed by atoms with van der Waals surface area (Å²) < 4.78 is 0. The number of benzene rings is 2. The minimum Gasteiger partial charge on any atom is -0.340 e. The second-order valence-corrected chi connectivity index (χ2v) is 8.49. The minimum absolute atomic E-state index is 0.0704. The maximum absolute atomic E-state index is 13.3. The van der Waals surface area contributed by atoms with Crippen LogP contribution in [0.4, 0.5) is 5.69 Å². The summed E-state index contributed by atoms with van der Waals surface area (Å²) in [7, 11) is 0. The molecule has 0 bridgehead atoms. The number of likely N-dealkylation sites (tertiary alicyclic amines) is 1. The van der Waals surface area contributed by atoms with E-state index >= 15 is 0 Å². The molecule has 1 unspecified atom stereocenters. The highest BCUT2D eigenvalue weighted by Crippen LogP contribution is 2.21. The molecule has 6 heteroatoms. The third-order valence-electron chi connectivity index (χ3n) is 5.75. The summed E-state index contributed by atoms with van der Waals surface area (Å²) in [4.78, 5) is 40.5. The minimum atomic E-state index is -0.636. The fraction of sp³-hybridized carbons (Fsp3) is 0.400. The third-order valence-corrected chi connectivity index (χ3v) is 5.75. The van der Waals surface area contributed by atoms with Crippen LogP contribution in [-0.2, 0) is 9.59 Å². The molecule has 31 heavy (non-hydrogen) atoms. The summed E-state index contributed by atoms with van der Waals surface area (Å²) in [6, 6.07) is 16.0. The van der Waals surface area contributed by atoms with Crippen LogP contribution in [0.2, 0.25) is 0 Å². The predicted octanol–water partition coefficient (Wildman–Crippen LogP) is 3.63. The van der Waals surface area contributed by atoms with E-state index in [9.17, 15) is 14.4 Å². The molecular weight excluding hydrogens is 390 g/mol. The van der Waals surface area contributed by atoms with Crippen LogP contribution >= 0.6 is 0 Å². The lowest BCUT2D eigenvalue weighted by molar-refractivity contribution is -0.137. The maximum atomic E-state index is 13.3. The van der Waals surface area contributed by atoms with Crippen molar-refractivity contribution in [3.8, 4) is 0 Å². The van der Waals surface area contributed by atoms with Crippen LogP contribution in [0, 0.1) is 18.8 Å². The molecule has 1 heterocycles. The van der Waals surface area contributed by atoms with Crippen LogP contribution in [-0.4, -0.2) is 41.8 Å². The smallest absolute Gasteiger partial charge is 0.252 e. The van der Waals surface area contributed by atoms with Gasteiger partial charge in [-0.1, -0.05) is 50.2 Å². The lowest BCUT2D eigenvalue weighted by atomic mass is 9.94. The van der Waals surface area contributed by atoms with Crippen molar-refractivity contribution in [1.82, 2.24) is 10.2 Å². The van der Waals surface area contributed by atoms with E-state index in [1.165, 1.54) is 0 Å². The van der Waals surface area contributed by atoms with E-state index in [0.717, 1.165) is 24.1 Å². The molecule has 2 aromatic carbocycles. The van der Waals surface area contributed by atoms with E-state index in [4.69, 9.17) is 0 Å².